The van der Waals surface area contributed by atoms with E-state index in [0.29, 0.717) is 30.1 Å². The standard InChI is InChI=1S/C12H13ClF2N2O2/c13-8-1-2-10(19-12(14)15)7(3-8)5-16-9-4-11(18)17-6-9/h1-3,9,12,16H,4-6H2,(H,17,18). The highest BCUT2D eigenvalue weighted by atomic mass is 35.5. The quantitative estimate of drug-likeness (QED) is 0.871. The van der Waals surface area contributed by atoms with Crippen molar-refractivity contribution < 1.29 is 18.3 Å². The summed E-state index contributed by atoms with van der Waals surface area (Å²) in [4.78, 5) is 11.0. The van der Waals surface area contributed by atoms with Crippen molar-refractivity contribution in [3.8, 4) is 5.75 Å². The number of nitrogens with one attached hydrogen (secondary N) is 2. The van der Waals surface area contributed by atoms with Crippen LogP contribution in [0.25, 0.3) is 0 Å². The normalized spacial score (nSPS) is 18.7. The van der Waals surface area contributed by atoms with Crippen molar-refractivity contribution in [1.29, 1.82) is 0 Å². The Bertz CT molecular complexity index is 471. The topological polar surface area (TPSA) is 50.4 Å². The van der Waals surface area contributed by atoms with E-state index < -0.39 is 6.61 Å². The van der Waals surface area contributed by atoms with Crippen molar-refractivity contribution in [1.82, 2.24) is 10.6 Å². The molecule has 0 spiro atoms. The molecule has 1 aromatic rings. The third-order valence-corrected chi connectivity index (χ3v) is 3.03. The molecular formula is C12H13ClF2N2O2. The number of carbonyl (C=O) groups is 1. The van der Waals surface area contributed by atoms with Gasteiger partial charge in [-0.3, -0.25) is 4.79 Å². The fourth-order valence-electron chi connectivity index (χ4n) is 1.90. The average Bonchev–Trinajstić information content (AvgIpc) is 2.75. The molecule has 1 amide bonds. The Labute approximate surface area is 114 Å². The molecule has 2 rings (SSSR count). The maximum Gasteiger partial charge on any atom is 0.387 e. The number of hydrogen-bond acceptors (Lipinski definition) is 3. The van der Waals surface area contributed by atoms with Crippen molar-refractivity contribution >= 4 is 17.5 Å². The first-order chi connectivity index (χ1) is 9.04. The van der Waals surface area contributed by atoms with Gasteiger partial charge in [-0.15, -0.1) is 0 Å². The zero-order chi connectivity index (χ0) is 13.8. The fraction of sp³-hybridized carbons (Fsp3) is 0.417. The van der Waals surface area contributed by atoms with Gasteiger partial charge in [0.2, 0.25) is 5.91 Å². The van der Waals surface area contributed by atoms with Gasteiger partial charge in [0.25, 0.3) is 0 Å². The van der Waals surface area contributed by atoms with E-state index in [0.717, 1.165) is 0 Å². The second kappa shape index (κ2) is 6.16. The van der Waals surface area contributed by atoms with Gasteiger partial charge in [0, 0.05) is 36.1 Å². The van der Waals surface area contributed by atoms with Crippen molar-refractivity contribution in [3.63, 3.8) is 0 Å². The lowest BCUT2D eigenvalue weighted by Gasteiger charge is -2.14. The third-order valence-electron chi connectivity index (χ3n) is 2.80. The lowest BCUT2D eigenvalue weighted by molar-refractivity contribution is -0.119. The van der Waals surface area contributed by atoms with Gasteiger partial charge in [-0.25, -0.2) is 0 Å². The minimum absolute atomic E-state index is 0.00844. The van der Waals surface area contributed by atoms with Gasteiger partial charge in [-0.2, -0.15) is 8.78 Å². The summed E-state index contributed by atoms with van der Waals surface area (Å²) in [6, 6.07) is 4.45. The molecule has 1 heterocycles. The van der Waals surface area contributed by atoms with Crippen molar-refractivity contribution in [2.24, 2.45) is 0 Å². The van der Waals surface area contributed by atoms with E-state index in [9.17, 15) is 13.6 Å². The summed E-state index contributed by atoms with van der Waals surface area (Å²) >= 11 is 5.83. The van der Waals surface area contributed by atoms with Crippen molar-refractivity contribution in [2.45, 2.75) is 25.6 Å². The number of ether oxygens (including phenoxy) is 1. The molecule has 0 aromatic heterocycles. The Morgan fingerprint density at radius 3 is 2.95 bits per heavy atom. The van der Waals surface area contributed by atoms with Gasteiger partial charge in [0.15, 0.2) is 0 Å². The lowest BCUT2D eigenvalue weighted by Crippen LogP contribution is -2.30. The molecule has 1 aliphatic rings. The summed E-state index contributed by atoms with van der Waals surface area (Å²) in [6.45, 7) is -2.04. The highest BCUT2D eigenvalue weighted by molar-refractivity contribution is 6.30. The largest absolute Gasteiger partial charge is 0.434 e. The number of alkyl halides is 2. The molecular weight excluding hydrogens is 278 g/mol. The molecule has 1 fully saturated rings. The van der Waals surface area contributed by atoms with Gasteiger partial charge >= 0.3 is 6.61 Å². The number of benzene rings is 1. The van der Waals surface area contributed by atoms with Crippen LogP contribution in [0.2, 0.25) is 5.02 Å². The maximum atomic E-state index is 12.3. The Hall–Kier alpha value is -1.40. The van der Waals surface area contributed by atoms with Crippen LogP contribution in [-0.2, 0) is 11.3 Å². The fourth-order valence-corrected chi connectivity index (χ4v) is 2.10. The van der Waals surface area contributed by atoms with E-state index in [2.05, 4.69) is 15.4 Å². The van der Waals surface area contributed by atoms with E-state index in [1.54, 1.807) is 6.07 Å². The zero-order valence-electron chi connectivity index (χ0n) is 9.96. The first-order valence-electron chi connectivity index (χ1n) is 5.78. The molecule has 0 aliphatic carbocycles. The number of rotatable bonds is 5. The highest BCUT2D eigenvalue weighted by Gasteiger charge is 2.21. The second-order valence-electron chi connectivity index (χ2n) is 4.22. The molecule has 1 atom stereocenters. The molecule has 19 heavy (non-hydrogen) atoms. The van der Waals surface area contributed by atoms with Crippen LogP contribution in [-0.4, -0.2) is 25.1 Å². The van der Waals surface area contributed by atoms with Crippen molar-refractivity contribution in [2.75, 3.05) is 6.54 Å². The Morgan fingerprint density at radius 1 is 1.53 bits per heavy atom. The zero-order valence-corrected chi connectivity index (χ0v) is 10.7. The molecule has 1 aromatic carbocycles. The number of hydrogen-bond donors (Lipinski definition) is 2. The van der Waals surface area contributed by atoms with E-state index in [1.165, 1.54) is 12.1 Å². The number of carbonyl (C=O) groups excluding carboxylic acids is 1. The van der Waals surface area contributed by atoms with Gasteiger partial charge in [0.1, 0.15) is 5.75 Å². The molecule has 7 heteroatoms. The monoisotopic (exact) mass is 290 g/mol. The van der Waals surface area contributed by atoms with E-state index in [-0.39, 0.29) is 17.7 Å². The van der Waals surface area contributed by atoms with Crippen LogP contribution in [0.15, 0.2) is 18.2 Å². The molecule has 0 bridgehead atoms. The molecule has 1 aliphatic heterocycles. The van der Waals surface area contributed by atoms with Crippen LogP contribution in [0, 0.1) is 0 Å². The van der Waals surface area contributed by atoms with Gasteiger partial charge in [-0.05, 0) is 18.2 Å². The third kappa shape index (κ3) is 4.04. The SMILES string of the molecule is O=C1CC(NCc2cc(Cl)ccc2OC(F)F)CN1. The summed E-state index contributed by atoms with van der Waals surface area (Å²) in [5.74, 6) is 0.0665. The first kappa shape index (κ1) is 14.0. The minimum atomic E-state index is -2.88. The maximum absolute atomic E-state index is 12.3. The molecule has 2 N–H and O–H groups in total. The Morgan fingerprint density at radius 2 is 2.32 bits per heavy atom. The minimum Gasteiger partial charge on any atom is -0.434 e. The van der Waals surface area contributed by atoms with Gasteiger partial charge in [-0.1, -0.05) is 11.6 Å². The number of amides is 1. The second-order valence-corrected chi connectivity index (χ2v) is 4.65. The van der Waals surface area contributed by atoms with Crippen LogP contribution in [0.5, 0.6) is 5.75 Å². The summed E-state index contributed by atoms with van der Waals surface area (Å²) < 4.78 is 28.9. The molecule has 104 valence electrons. The number of halogens is 3. The predicted molar refractivity (Wildman–Crippen MR) is 66.3 cm³/mol. The molecule has 1 saturated heterocycles. The highest BCUT2D eigenvalue weighted by Crippen LogP contribution is 2.24. The average molecular weight is 291 g/mol. The summed E-state index contributed by atoms with van der Waals surface area (Å²) in [6.07, 6.45) is 0.381. The Balaban J connectivity index is 2.01. The van der Waals surface area contributed by atoms with E-state index in [1.807, 2.05) is 0 Å². The predicted octanol–water partition coefficient (Wildman–Crippen LogP) is 1.92. The van der Waals surface area contributed by atoms with Crippen LogP contribution in [0.4, 0.5) is 8.78 Å². The molecule has 4 nitrogen and oxygen atoms in total. The molecule has 0 saturated carbocycles. The lowest BCUT2D eigenvalue weighted by atomic mass is 10.1. The van der Waals surface area contributed by atoms with E-state index in [4.69, 9.17) is 11.6 Å². The summed E-state index contributed by atoms with van der Waals surface area (Å²) in [5, 5.41) is 6.23. The van der Waals surface area contributed by atoms with Crippen LogP contribution in [0.1, 0.15) is 12.0 Å². The van der Waals surface area contributed by atoms with Gasteiger partial charge in [0.05, 0.1) is 0 Å². The van der Waals surface area contributed by atoms with Crippen LogP contribution in [0.3, 0.4) is 0 Å². The van der Waals surface area contributed by atoms with Crippen molar-refractivity contribution in [3.05, 3.63) is 28.8 Å². The molecule has 0 radical (unpaired) electrons. The smallest absolute Gasteiger partial charge is 0.387 e. The van der Waals surface area contributed by atoms with Crippen LogP contribution < -0.4 is 15.4 Å². The summed E-state index contributed by atoms with van der Waals surface area (Å²) in [7, 11) is 0. The van der Waals surface area contributed by atoms with Gasteiger partial charge < -0.3 is 15.4 Å². The summed E-state index contributed by atoms with van der Waals surface area (Å²) in [5.41, 5.74) is 0.534. The Kier molecular flexibility index (Phi) is 4.55. The molecule has 1 unspecified atom stereocenters. The van der Waals surface area contributed by atoms with E-state index >= 15 is 0 Å². The van der Waals surface area contributed by atoms with Crippen LogP contribution >= 0.6 is 11.6 Å². The first-order valence-corrected chi connectivity index (χ1v) is 6.15.